The van der Waals surface area contributed by atoms with E-state index in [1.54, 1.807) is 12.1 Å². The summed E-state index contributed by atoms with van der Waals surface area (Å²) in [5.74, 6) is 1.00. The van der Waals surface area contributed by atoms with Crippen molar-refractivity contribution >= 4 is 34.1 Å². The van der Waals surface area contributed by atoms with Crippen LogP contribution in [0.5, 0.6) is 11.5 Å². The molecule has 1 N–H and O–H groups in total. The van der Waals surface area contributed by atoms with E-state index in [1.807, 2.05) is 13.0 Å². The average molecular weight is 554 g/mol. The minimum Gasteiger partial charge on any atom is -0.489 e. The van der Waals surface area contributed by atoms with Gasteiger partial charge in [0.15, 0.2) is 6.10 Å². The number of carbonyl (C=O) groups is 1. The molecule has 33 heavy (non-hydrogen) atoms. The van der Waals surface area contributed by atoms with Gasteiger partial charge in [0.25, 0.3) is 0 Å². The molecule has 1 aliphatic carbocycles. The van der Waals surface area contributed by atoms with Crippen molar-refractivity contribution in [3.05, 3.63) is 98.6 Å². The molecule has 1 aliphatic rings. The van der Waals surface area contributed by atoms with Crippen molar-refractivity contribution in [2.24, 2.45) is 0 Å². The van der Waals surface area contributed by atoms with Gasteiger partial charge in [-0.3, -0.25) is 0 Å². The molecule has 3 aromatic carbocycles. The van der Waals surface area contributed by atoms with Crippen molar-refractivity contribution in [3.8, 4) is 11.5 Å². The van der Waals surface area contributed by atoms with Gasteiger partial charge in [-0.25, -0.2) is 4.79 Å². The third kappa shape index (κ3) is 6.16. The summed E-state index contributed by atoms with van der Waals surface area (Å²) < 4.78 is 12.7. The maximum atomic E-state index is 11.0. The van der Waals surface area contributed by atoms with Crippen LogP contribution in [0.15, 0.2) is 72.8 Å². The van der Waals surface area contributed by atoms with Crippen molar-refractivity contribution in [1.82, 2.24) is 0 Å². The number of rotatable bonds is 9. The number of carboxylic acid groups (broad SMARTS) is 1. The molecule has 4 rings (SSSR count). The summed E-state index contributed by atoms with van der Waals surface area (Å²) in [6.07, 6.45) is 3.80. The fraction of sp³-hybridized carbons (Fsp3) is 0.250. The maximum absolute atomic E-state index is 11.0. The van der Waals surface area contributed by atoms with Crippen LogP contribution in [0.4, 0.5) is 0 Å². The van der Waals surface area contributed by atoms with Crippen molar-refractivity contribution in [2.75, 3.05) is 6.61 Å². The van der Waals surface area contributed by atoms with Crippen molar-refractivity contribution in [2.45, 2.75) is 38.7 Å². The quantitative estimate of drug-likeness (QED) is 0.295. The first kappa shape index (κ1) is 23.4. The molecule has 0 aliphatic heterocycles. The molecule has 4 nitrogen and oxygen atoms in total. The Hall–Kier alpha value is -2.80. The van der Waals surface area contributed by atoms with E-state index in [4.69, 9.17) is 14.6 Å². The fourth-order valence-corrected chi connectivity index (χ4v) is 4.05. The Kier molecular flexibility index (Phi) is 7.38. The molecule has 0 saturated heterocycles. The predicted molar refractivity (Wildman–Crippen MR) is 139 cm³/mol. The lowest BCUT2D eigenvalue weighted by Gasteiger charge is -2.14. The second-order valence-electron chi connectivity index (χ2n) is 8.36. The summed E-state index contributed by atoms with van der Waals surface area (Å²) >= 11 is 2.32. The van der Waals surface area contributed by atoms with Crippen LogP contribution in [-0.2, 0) is 4.79 Å². The molecular weight excluding hydrogens is 527 g/mol. The first-order valence-electron chi connectivity index (χ1n) is 11.1. The highest BCUT2D eigenvalue weighted by molar-refractivity contribution is 14.1. The Bertz CT molecular complexity index is 1150. The predicted octanol–water partition coefficient (Wildman–Crippen LogP) is 6.84. The summed E-state index contributed by atoms with van der Waals surface area (Å²) in [6, 6.07) is 22.8. The number of aliphatic carboxylic acids is 1. The van der Waals surface area contributed by atoms with Crippen LogP contribution in [0, 0.1) is 10.5 Å². The van der Waals surface area contributed by atoms with Gasteiger partial charge in [-0.15, -0.1) is 0 Å². The molecule has 170 valence electrons. The van der Waals surface area contributed by atoms with Crippen molar-refractivity contribution in [3.63, 3.8) is 0 Å². The van der Waals surface area contributed by atoms with Crippen LogP contribution < -0.4 is 9.47 Å². The third-order valence-corrected chi connectivity index (χ3v) is 6.48. The van der Waals surface area contributed by atoms with E-state index in [0.29, 0.717) is 18.1 Å². The topological polar surface area (TPSA) is 55.8 Å². The van der Waals surface area contributed by atoms with Gasteiger partial charge in [0.2, 0.25) is 0 Å². The van der Waals surface area contributed by atoms with Crippen LogP contribution >= 0.6 is 22.6 Å². The van der Waals surface area contributed by atoms with Crippen LogP contribution in [0.1, 0.15) is 47.9 Å². The fourth-order valence-electron chi connectivity index (χ4n) is 3.69. The van der Waals surface area contributed by atoms with E-state index >= 15 is 0 Å². The molecule has 0 aromatic heterocycles. The number of hydrogen-bond donors (Lipinski definition) is 1. The minimum atomic E-state index is -0.992. The number of halogens is 1. The molecule has 1 unspecified atom stereocenters. The van der Waals surface area contributed by atoms with Gasteiger partial charge >= 0.3 is 5.97 Å². The first-order valence-corrected chi connectivity index (χ1v) is 12.2. The van der Waals surface area contributed by atoms with E-state index in [-0.39, 0.29) is 0 Å². The van der Waals surface area contributed by atoms with Gasteiger partial charge in [0, 0.05) is 3.57 Å². The van der Waals surface area contributed by atoms with Crippen LogP contribution in [0.2, 0.25) is 0 Å². The third-order valence-electron chi connectivity index (χ3n) is 5.76. The highest BCUT2D eigenvalue weighted by Crippen LogP contribution is 2.40. The summed E-state index contributed by atoms with van der Waals surface area (Å²) in [6.45, 7) is 3.81. The maximum Gasteiger partial charge on any atom is 0.344 e. The summed E-state index contributed by atoms with van der Waals surface area (Å²) in [4.78, 5) is 11.0. The Morgan fingerprint density at radius 3 is 2.27 bits per heavy atom. The number of aryl methyl sites for hydroxylation is 1. The van der Waals surface area contributed by atoms with Gasteiger partial charge in [0.05, 0.1) is 0 Å². The number of carboxylic acids is 1. The second-order valence-corrected chi connectivity index (χ2v) is 9.60. The van der Waals surface area contributed by atoms with Crippen molar-refractivity contribution < 1.29 is 19.4 Å². The van der Waals surface area contributed by atoms with Gasteiger partial charge in [-0.05, 0) is 119 Å². The monoisotopic (exact) mass is 554 g/mol. The van der Waals surface area contributed by atoms with Crippen LogP contribution in [0.3, 0.4) is 0 Å². The lowest BCUT2D eigenvalue weighted by atomic mass is 9.96. The molecule has 0 spiro atoms. The first-order chi connectivity index (χ1) is 15.9. The molecule has 1 fully saturated rings. The van der Waals surface area contributed by atoms with E-state index in [9.17, 15) is 4.79 Å². The molecule has 1 atom stereocenters. The zero-order chi connectivity index (χ0) is 23.4. The lowest BCUT2D eigenvalue weighted by molar-refractivity contribution is -0.144. The molecule has 0 bridgehead atoms. The summed E-state index contributed by atoms with van der Waals surface area (Å²) in [5.41, 5.74) is 5.72. The SMILES string of the molecule is Cc1cc(OC/C=C(\c2ccc(I)cc2)c2ccc(C3CC3)cc2)ccc1OC(C)C(=O)O. The van der Waals surface area contributed by atoms with Gasteiger partial charge in [-0.1, -0.05) is 36.4 Å². The molecule has 5 heteroatoms. The van der Waals surface area contributed by atoms with Crippen LogP contribution in [0.25, 0.3) is 5.57 Å². The number of ether oxygens (including phenoxy) is 2. The summed E-state index contributed by atoms with van der Waals surface area (Å²) in [7, 11) is 0. The molecule has 0 amide bonds. The van der Waals surface area contributed by atoms with Gasteiger partial charge in [0.1, 0.15) is 18.1 Å². The summed E-state index contributed by atoms with van der Waals surface area (Å²) in [5, 5.41) is 9.05. The second kappa shape index (κ2) is 10.4. The molecule has 0 radical (unpaired) electrons. The van der Waals surface area contributed by atoms with E-state index in [0.717, 1.165) is 22.6 Å². The molecule has 0 heterocycles. The van der Waals surface area contributed by atoms with E-state index in [2.05, 4.69) is 77.2 Å². The number of hydrogen-bond acceptors (Lipinski definition) is 3. The van der Waals surface area contributed by atoms with E-state index in [1.165, 1.54) is 34.5 Å². The highest BCUT2D eigenvalue weighted by Gasteiger charge is 2.23. The van der Waals surface area contributed by atoms with Gasteiger partial charge < -0.3 is 14.6 Å². The zero-order valence-corrected chi connectivity index (χ0v) is 20.9. The molecule has 3 aromatic rings. The normalized spacial score (nSPS) is 14.6. The largest absolute Gasteiger partial charge is 0.489 e. The number of benzene rings is 3. The Balaban J connectivity index is 1.51. The van der Waals surface area contributed by atoms with Crippen molar-refractivity contribution in [1.29, 1.82) is 0 Å². The standard InChI is InChI=1S/C28H27IO4/c1-18-17-25(13-14-27(18)33-19(2)28(30)31)32-16-15-26(23-9-11-24(29)12-10-23)22-7-5-21(6-8-22)20-3-4-20/h5-15,17,19-20H,3-4,16H2,1-2H3,(H,30,31)/b26-15-. The molecule has 1 saturated carbocycles. The Morgan fingerprint density at radius 1 is 1.06 bits per heavy atom. The van der Waals surface area contributed by atoms with E-state index < -0.39 is 12.1 Å². The smallest absolute Gasteiger partial charge is 0.344 e. The Morgan fingerprint density at radius 2 is 1.70 bits per heavy atom. The van der Waals surface area contributed by atoms with Crippen LogP contribution in [-0.4, -0.2) is 23.8 Å². The zero-order valence-electron chi connectivity index (χ0n) is 18.8. The lowest BCUT2D eigenvalue weighted by Crippen LogP contribution is -2.23. The van der Waals surface area contributed by atoms with Gasteiger partial charge in [-0.2, -0.15) is 0 Å². The highest BCUT2D eigenvalue weighted by atomic mass is 127. The average Bonchev–Trinajstić information content (AvgIpc) is 3.65. The molecular formula is C28H27IO4. The minimum absolute atomic E-state index is 0.414. The Labute approximate surface area is 208 Å².